The molecule has 0 saturated heterocycles. The number of pyridine rings is 1. The molecular formula is C15H13N. The monoisotopic (exact) mass is 207 g/mol. The summed E-state index contributed by atoms with van der Waals surface area (Å²) in [7, 11) is 0. The van der Waals surface area contributed by atoms with Gasteiger partial charge in [-0.2, -0.15) is 0 Å². The van der Waals surface area contributed by atoms with Crippen LogP contribution in [0.2, 0.25) is 0 Å². The molecule has 0 radical (unpaired) electrons. The Bertz CT molecular complexity index is 526. The first-order valence-electron chi connectivity index (χ1n) is 5.63. The van der Waals surface area contributed by atoms with Gasteiger partial charge in [0.15, 0.2) is 0 Å². The highest BCUT2D eigenvalue weighted by molar-refractivity contribution is 5.82. The number of hydrogen-bond donors (Lipinski definition) is 0. The van der Waals surface area contributed by atoms with Crippen LogP contribution >= 0.6 is 0 Å². The molecular weight excluding hydrogens is 194 g/mol. The third-order valence-electron chi connectivity index (χ3n) is 3.04. The van der Waals surface area contributed by atoms with E-state index >= 15 is 0 Å². The predicted octanol–water partition coefficient (Wildman–Crippen LogP) is 3.57. The molecule has 1 heterocycles. The summed E-state index contributed by atoms with van der Waals surface area (Å²) in [5.74, 6) is 0. The van der Waals surface area contributed by atoms with E-state index < -0.39 is 0 Å². The van der Waals surface area contributed by atoms with Gasteiger partial charge in [0.1, 0.15) is 0 Å². The normalized spacial score (nSPS) is 14.1. The average molecular weight is 207 g/mol. The highest BCUT2D eigenvalue weighted by Crippen LogP contribution is 2.28. The fourth-order valence-electron chi connectivity index (χ4n) is 2.19. The maximum atomic E-state index is 4.41. The summed E-state index contributed by atoms with van der Waals surface area (Å²) in [6, 6.07) is 14.7. The van der Waals surface area contributed by atoms with Crippen molar-refractivity contribution in [2.75, 3.05) is 0 Å². The minimum Gasteiger partial charge on any atom is -0.257 e. The van der Waals surface area contributed by atoms with Crippen molar-refractivity contribution in [1.82, 2.24) is 4.98 Å². The smallest absolute Gasteiger partial charge is 0.0661 e. The third-order valence-corrected chi connectivity index (χ3v) is 3.04. The van der Waals surface area contributed by atoms with Crippen molar-refractivity contribution in [1.29, 1.82) is 0 Å². The lowest BCUT2D eigenvalue weighted by Crippen LogP contribution is -1.99. The highest BCUT2D eigenvalue weighted by atomic mass is 14.7. The Morgan fingerprint density at radius 2 is 1.75 bits per heavy atom. The summed E-state index contributed by atoms with van der Waals surface area (Å²) >= 11 is 0. The molecule has 0 aliphatic heterocycles. The Morgan fingerprint density at radius 3 is 2.62 bits per heavy atom. The van der Waals surface area contributed by atoms with Crippen molar-refractivity contribution in [2.45, 2.75) is 12.8 Å². The first kappa shape index (κ1) is 9.34. The quantitative estimate of drug-likeness (QED) is 0.696. The van der Waals surface area contributed by atoms with Gasteiger partial charge in [-0.3, -0.25) is 4.98 Å². The van der Waals surface area contributed by atoms with Crippen LogP contribution in [0.5, 0.6) is 0 Å². The fraction of sp³-hybridized carbons (Fsp3) is 0.133. The van der Waals surface area contributed by atoms with E-state index in [2.05, 4.69) is 41.4 Å². The molecule has 1 heteroatoms. The van der Waals surface area contributed by atoms with Crippen LogP contribution in [0.4, 0.5) is 0 Å². The molecule has 0 bridgehead atoms. The summed E-state index contributed by atoms with van der Waals surface area (Å²) in [5, 5.41) is 0. The van der Waals surface area contributed by atoms with Gasteiger partial charge in [-0.05, 0) is 47.8 Å². The molecule has 0 saturated carbocycles. The van der Waals surface area contributed by atoms with E-state index in [1.165, 1.54) is 16.7 Å². The number of allylic oxidation sites excluding steroid dienone is 1. The number of rotatable bonds is 1. The van der Waals surface area contributed by atoms with E-state index in [1.807, 2.05) is 18.3 Å². The van der Waals surface area contributed by atoms with Gasteiger partial charge in [0.25, 0.3) is 0 Å². The van der Waals surface area contributed by atoms with E-state index in [9.17, 15) is 0 Å². The van der Waals surface area contributed by atoms with E-state index in [1.54, 1.807) is 0 Å². The Morgan fingerprint density at radius 1 is 0.875 bits per heavy atom. The van der Waals surface area contributed by atoms with Crippen LogP contribution in [0.3, 0.4) is 0 Å². The molecule has 1 aromatic heterocycles. The van der Waals surface area contributed by atoms with Crippen LogP contribution in [-0.4, -0.2) is 4.98 Å². The first-order valence-corrected chi connectivity index (χ1v) is 5.63. The third kappa shape index (κ3) is 1.65. The van der Waals surface area contributed by atoms with Crippen molar-refractivity contribution in [2.24, 2.45) is 0 Å². The van der Waals surface area contributed by atoms with Crippen LogP contribution in [0.25, 0.3) is 11.6 Å². The molecule has 0 spiro atoms. The Balaban J connectivity index is 2.04. The molecule has 1 aliphatic carbocycles. The molecule has 16 heavy (non-hydrogen) atoms. The van der Waals surface area contributed by atoms with Crippen LogP contribution in [0.15, 0.2) is 48.7 Å². The average Bonchev–Trinajstić information content (AvgIpc) is 2.39. The summed E-state index contributed by atoms with van der Waals surface area (Å²) in [4.78, 5) is 4.41. The van der Waals surface area contributed by atoms with Gasteiger partial charge in [-0.1, -0.05) is 30.3 Å². The van der Waals surface area contributed by atoms with Crippen LogP contribution in [-0.2, 0) is 6.42 Å². The van der Waals surface area contributed by atoms with Gasteiger partial charge in [-0.25, -0.2) is 0 Å². The highest BCUT2D eigenvalue weighted by Gasteiger charge is 2.11. The lowest BCUT2D eigenvalue weighted by molar-refractivity contribution is 0.991. The Hall–Kier alpha value is -1.89. The molecule has 0 amide bonds. The van der Waals surface area contributed by atoms with Crippen molar-refractivity contribution in [3.05, 3.63) is 65.5 Å². The van der Waals surface area contributed by atoms with E-state index in [0.29, 0.717) is 0 Å². The number of fused-ring (bicyclic) bond motifs is 1. The minimum absolute atomic E-state index is 1.09. The molecule has 1 aliphatic rings. The predicted molar refractivity (Wildman–Crippen MR) is 66.9 cm³/mol. The molecule has 78 valence electrons. The number of nitrogens with zero attached hydrogens (tertiary/aromatic N) is 1. The van der Waals surface area contributed by atoms with Crippen molar-refractivity contribution < 1.29 is 0 Å². The maximum Gasteiger partial charge on any atom is 0.0661 e. The van der Waals surface area contributed by atoms with Crippen molar-refractivity contribution in [3.8, 4) is 0 Å². The fourth-order valence-corrected chi connectivity index (χ4v) is 2.19. The molecule has 3 rings (SSSR count). The van der Waals surface area contributed by atoms with Crippen molar-refractivity contribution >= 4 is 11.6 Å². The maximum absolute atomic E-state index is 4.41. The topological polar surface area (TPSA) is 12.9 Å². The summed E-state index contributed by atoms with van der Waals surface area (Å²) in [5.41, 5.74) is 5.24. The van der Waals surface area contributed by atoms with Crippen LogP contribution in [0, 0.1) is 0 Å². The number of aromatic nitrogens is 1. The number of hydrogen-bond acceptors (Lipinski definition) is 1. The van der Waals surface area contributed by atoms with E-state index in [0.717, 1.165) is 18.5 Å². The molecule has 0 fully saturated rings. The second kappa shape index (κ2) is 3.93. The number of aryl methyl sites for hydroxylation is 1. The minimum atomic E-state index is 1.09. The van der Waals surface area contributed by atoms with Crippen molar-refractivity contribution in [3.63, 3.8) is 0 Å². The molecule has 1 nitrogen and oxygen atoms in total. The summed E-state index contributed by atoms with van der Waals surface area (Å²) < 4.78 is 0. The lowest BCUT2D eigenvalue weighted by atomic mass is 9.91. The van der Waals surface area contributed by atoms with Crippen LogP contribution < -0.4 is 0 Å². The first-order chi connectivity index (χ1) is 7.93. The largest absolute Gasteiger partial charge is 0.257 e. The zero-order chi connectivity index (χ0) is 10.8. The molecule has 2 aromatic rings. The van der Waals surface area contributed by atoms with E-state index in [4.69, 9.17) is 0 Å². The van der Waals surface area contributed by atoms with E-state index in [-0.39, 0.29) is 0 Å². The van der Waals surface area contributed by atoms with Crippen LogP contribution in [0.1, 0.15) is 23.2 Å². The SMILES string of the molecule is C1=C(c2ccccn2)CCc2ccccc21. The summed E-state index contributed by atoms with van der Waals surface area (Å²) in [6.07, 6.45) is 6.34. The Kier molecular flexibility index (Phi) is 2.30. The van der Waals surface area contributed by atoms with Gasteiger partial charge in [-0.15, -0.1) is 0 Å². The number of benzene rings is 1. The lowest BCUT2D eigenvalue weighted by Gasteiger charge is -2.15. The second-order valence-electron chi connectivity index (χ2n) is 4.08. The van der Waals surface area contributed by atoms with Gasteiger partial charge < -0.3 is 0 Å². The van der Waals surface area contributed by atoms with Gasteiger partial charge in [0, 0.05) is 6.20 Å². The zero-order valence-corrected chi connectivity index (χ0v) is 9.06. The molecule has 1 aromatic carbocycles. The van der Waals surface area contributed by atoms with Gasteiger partial charge in [0.2, 0.25) is 0 Å². The Labute approximate surface area is 95.5 Å². The standard InChI is InChI=1S/C15H13N/c1-2-6-13-11-14(9-8-12(13)5-1)15-7-3-4-10-16-15/h1-7,10-11H,8-9H2. The second-order valence-corrected chi connectivity index (χ2v) is 4.08. The molecule has 0 N–H and O–H groups in total. The molecule has 0 unspecified atom stereocenters. The zero-order valence-electron chi connectivity index (χ0n) is 9.06. The van der Waals surface area contributed by atoms with Gasteiger partial charge >= 0.3 is 0 Å². The molecule has 0 atom stereocenters. The van der Waals surface area contributed by atoms with Gasteiger partial charge in [0.05, 0.1) is 5.69 Å². The summed E-state index contributed by atoms with van der Waals surface area (Å²) in [6.45, 7) is 0.